The van der Waals surface area contributed by atoms with E-state index >= 15 is 0 Å². The molecule has 0 fully saturated rings. The molecule has 1 radical (unpaired) electrons. The van der Waals surface area contributed by atoms with Gasteiger partial charge in [-0.3, -0.25) is 4.57 Å². The number of hydrogen-bond donors (Lipinski definition) is 2. The van der Waals surface area contributed by atoms with Gasteiger partial charge in [0.25, 0.3) is 0 Å². The van der Waals surface area contributed by atoms with Crippen molar-refractivity contribution in [3.63, 3.8) is 0 Å². The third kappa shape index (κ3) is 324. The molecular weight excluding hydrogens is 167 g/mol. The smallest absolute Gasteiger partial charge is 0.314 e. The van der Waals surface area contributed by atoms with Crippen LogP contribution >= 0.6 is 8.25 Å². The van der Waals surface area contributed by atoms with Gasteiger partial charge in [-0.2, -0.15) is 0 Å². The first-order chi connectivity index (χ1) is 2.73. The zero-order valence-electron chi connectivity index (χ0n) is 4.10. The molecule has 0 aromatic carbocycles. The topological polar surface area (TPSA) is 57.5 Å². The minimum atomic E-state index is -3.13. The van der Waals surface area contributed by atoms with Gasteiger partial charge in [-0.25, -0.2) is 0 Å². The van der Waals surface area contributed by atoms with E-state index < -0.39 is 8.25 Å². The van der Waals surface area contributed by atoms with Crippen molar-refractivity contribution in [2.45, 2.75) is 13.8 Å². The Bertz CT molecular complexity index is 35.9. The molecule has 0 spiro atoms. The van der Waals surface area contributed by atoms with Crippen molar-refractivity contribution in [2.75, 3.05) is 0 Å². The molecule has 0 saturated carbocycles. The molecule has 2 N–H and O–H groups in total. The van der Waals surface area contributed by atoms with Crippen LogP contribution < -0.4 is 0 Å². The molecule has 51 valence electrons. The second kappa shape index (κ2) is 15.9. The van der Waals surface area contributed by atoms with Gasteiger partial charge in [0.2, 0.25) is 0 Å². The average molecular weight is 176 g/mol. The summed E-state index contributed by atoms with van der Waals surface area (Å²) in [5.74, 6) is 0. The first-order valence-corrected chi connectivity index (χ1v) is 2.95. The molecule has 0 aromatic rings. The van der Waals surface area contributed by atoms with Crippen molar-refractivity contribution in [3.05, 3.63) is 0 Å². The van der Waals surface area contributed by atoms with Crippen molar-refractivity contribution in [1.82, 2.24) is 0 Å². The number of hydrogen-bond acceptors (Lipinski definition) is 1. The molecular formula is C2H9CuO3P. The van der Waals surface area contributed by atoms with Gasteiger partial charge in [-0.15, -0.1) is 0 Å². The number of rotatable bonds is 0. The van der Waals surface area contributed by atoms with Gasteiger partial charge in [-0.1, -0.05) is 13.8 Å². The Morgan fingerprint density at radius 3 is 1.29 bits per heavy atom. The molecule has 0 aromatic heterocycles. The summed E-state index contributed by atoms with van der Waals surface area (Å²) in [6.45, 7) is 4.00. The van der Waals surface area contributed by atoms with Gasteiger partial charge in [0, 0.05) is 17.1 Å². The molecule has 0 amide bonds. The maximum atomic E-state index is 8.74. The van der Waals surface area contributed by atoms with Crippen molar-refractivity contribution in [1.29, 1.82) is 0 Å². The molecule has 3 nitrogen and oxygen atoms in total. The van der Waals surface area contributed by atoms with Crippen LogP contribution in [0.15, 0.2) is 0 Å². The van der Waals surface area contributed by atoms with E-state index in [1.807, 2.05) is 13.8 Å². The summed E-state index contributed by atoms with van der Waals surface area (Å²) < 4.78 is 8.74. The minimum Gasteiger partial charge on any atom is -0.326 e. The van der Waals surface area contributed by atoms with Crippen LogP contribution in [-0.4, -0.2) is 9.79 Å². The molecule has 0 heterocycles. The zero-order valence-corrected chi connectivity index (χ0v) is 6.05. The SMILES string of the molecule is CC.O=[PH](O)O.[Cu]. The third-order valence-corrected chi connectivity index (χ3v) is 0. The Morgan fingerprint density at radius 2 is 1.29 bits per heavy atom. The van der Waals surface area contributed by atoms with Crippen molar-refractivity contribution in [3.8, 4) is 0 Å². The molecule has 0 bridgehead atoms. The van der Waals surface area contributed by atoms with Gasteiger partial charge in [0.1, 0.15) is 0 Å². The van der Waals surface area contributed by atoms with Crippen molar-refractivity contribution in [2.24, 2.45) is 0 Å². The molecule has 0 rings (SSSR count). The van der Waals surface area contributed by atoms with Gasteiger partial charge >= 0.3 is 8.25 Å². The van der Waals surface area contributed by atoms with Crippen LogP contribution in [0.2, 0.25) is 0 Å². The third-order valence-electron chi connectivity index (χ3n) is 0. The Morgan fingerprint density at radius 1 is 1.29 bits per heavy atom. The molecule has 0 unspecified atom stereocenters. The van der Waals surface area contributed by atoms with Crippen LogP contribution in [0.25, 0.3) is 0 Å². The van der Waals surface area contributed by atoms with Crippen LogP contribution in [0.3, 0.4) is 0 Å². The summed E-state index contributed by atoms with van der Waals surface area (Å²) in [6.07, 6.45) is 0. The molecule has 0 saturated heterocycles. The van der Waals surface area contributed by atoms with Crippen LogP contribution in [-0.2, 0) is 21.6 Å². The monoisotopic (exact) mass is 175 g/mol. The summed E-state index contributed by atoms with van der Waals surface area (Å²) in [7, 11) is -3.13. The van der Waals surface area contributed by atoms with Crippen LogP contribution in [0.1, 0.15) is 13.8 Å². The van der Waals surface area contributed by atoms with Crippen LogP contribution in [0, 0.1) is 0 Å². The fraction of sp³-hybridized carbons (Fsp3) is 1.00. The molecule has 0 atom stereocenters. The van der Waals surface area contributed by atoms with Gasteiger partial charge in [0.15, 0.2) is 0 Å². The van der Waals surface area contributed by atoms with Gasteiger partial charge in [-0.05, 0) is 0 Å². The van der Waals surface area contributed by atoms with Crippen LogP contribution in [0.5, 0.6) is 0 Å². The molecule has 0 aliphatic heterocycles. The van der Waals surface area contributed by atoms with Crippen molar-refractivity contribution < 1.29 is 31.4 Å². The maximum absolute atomic E-state index is 8.74. The minimum absolute atomic E-state index is 0. The zero-order chi connectivity index (χ0) is 5.58. The quantitative estimate of drug-likeness (QED) is 0.414. The van der Waals surface area contributed by atoms with E-state index in [9.17, 15) is 0 Å². The Balaban J connectivity index is -0.0000000480. The molecule has 0 aliphatic carbocycles. The average Bonchev–Trinajstić information content (AvgIpc) is 1.41. The van der Waals surface area contributed by atoms with E-state index in [1.165, 1.54) is 0 Å². The van der Waals surface area contributed by atoms with E-state index in [2.05, 4.69) is 0 Å². The van der Waals surface area contributed by atoms with E-state index in [-0.39, 0.29) is 17.1 Å². The van der Waals surface area contributed by atoms with E-state index in [4.69, 9.17) is 14.4 Å². The Kier molecular flexibility index (Phi) is 35.6. The van der Waals surface area contributed by atoms with Gasteiger partial charge < -0.3 is 9.79 Å². The standard InChI is InChI=1S/C2H6.Cu.H3O3P/c1-2;;1-4(2)3/h1-2H3;;4H,(H2,1,2,3). The van der Waals surface area contributed by atoms with E-state index in [1.54, 1.807) is 0 Å². The molecule has 0 aliphatic rings. The van der Waals surface area contributed by atoms with E-state index in [0.717, 1.165) is 0 Å². The normalized spacial score (nSPS) is 5.86. The largest absolute Gasteiger partial charge is 0.326 e. The van der Waals surface area contributed by atoms with E-state index in [0.29, 0.717) is 0 Å². The predicted octanol–water partition coefficient (Wildman–Crippen LogP) is 0.384. The Labute approximate surface area is 54.2 Å². The summed E-state index contributed by atoms with van der Waals surface area (Å²) >= 11 is 0. The Hall–Kier alpha value is 0.669. The first-order valence-electron chi connectivity index (χ1n) is 1.65. The second-order valence-electron chi connectivity index (χ2n) is 0.283. The summed E-state index contributed by atoms with van der Waals surface area (Å²) in [6, 6.07) is 0. The van der Waals surface area contributed by atoms with Gasteiger partial charge in [0.05, 0.1) is 0 Å². The maximum Gasteiger partial charge on any atom is 0.314 e. The molecule has 7 heavy (non-hydrogen) atoms. The summed E-state index contributed by atoms with van der Waals surface area (Å²) in [5.41, 5.74) is 0. The summed E-state index contributed by atoms with van der Waals surface area (Å²) in [5, 5.41) is 0. The fourth-order valence-electron chi connectivity index (χ4n) is 0. The van der Waals surface area contributed by atoms with Crippen molar-refractivity contribution >= 4 is 8.25 Å². The fourth-order valence-corrected chi connectivity index (χ4v) is 0. The first kappa shape index (κ1) is 15.6. The van der Waals surface area contributed by atoms with Crippen LogP contribution in [0.4, 0.5) is 0 Å². The predicted molar refractivity (Wildman–Crippen MR) is 24.8 cm³/mol. The second-order valence-corrected chi connectivity index (χ2v) is 0.848. The summed E-state index contributed by atoms with van der Waals surface area (Å²) in [4.78, 5) is 14.3. The molecule has 5 heteroatoms.